The molecule has 0 unspecified atom stereocenters. The van der Waals surface area contributed by atoms with Crippen LogP contribution in [0.5, 0.6) is 0 Å². The molecule has 0 bridgehead atoms. The molecular formula is C17H17BrN2. The molecule has 0 amide bonds. The largest absolute Gasteiger partial charge is 0.343 e. The lowest BCUT2D eigenvalue weighted by molar-refractivity contribution is 0.836. The van der Waals surface area contributed by atoms with E-state index >= 15 is 0 Å². The lowest BCUT2D eigenvalue weighted by Gasteiger charge is -2.07. The van der Waals surface area contributed by atoms with Crippen molar-refractivity contribution in [3.63, 3.8) is 0 Å². The highest BCUT2D eigenvalue weighted by molar-refractivity contribution is 9.10. The summed E-state index contributed by atoms with van der Waals surface area (Å²) in [4.78, 5) is 0. The Kier molecular flexibility index (Phi) is 3.90. The summed E-state index contributed by atoms with van der Waals surface area (Å²) in [6.07, 6.45) is 3.09. The Hall–Kier alpha value is -1.58. The van der Waals surface area contributed by atoms with Crippen molar-refractivity contribution in [2.24, 2.45) is 5.73 Å². The topological polar surface area (TPSA) is 30.9 Å². The Morgan fingerprint density at radius 2 is 1.90 bits per heavy atom. The van der Waals surface area contributed by atoms with E-state index in [9.17, 15) is 0 Å². The van der Waals surface area contributed by atoms with Crippen LogP contribution in [0.3, 0.4) is 0 Å². The fourth-order valence-corrected chi connectivity index (χ4v) is 2.99. The molecule has 0 spiro atoms. The monoisotopic (exact) mass is 328 g/mol. The van der Waals surface area contributed by atoms with Gasteiger partial charge in [0.15, 0.2) is 0 Å². The molecule has 3 rings (SSSR count). The van der Waals surface area contributed by atoms with E-state index < -0.39 is 0 Å². The third kappa shape index (κ3) is 2.79. The van der Waals surface area contributed by atoms with E-state index in [1.807, 2.05) is 0 Å². The summed E-state index contributed by atoms with van der Waals surface area (Å²) in [5.74, 6) is 0. The summed E-state index contributed by atoms with van der Waals surface area (Å²) in [5.41, 5.74) is 9.49. The van der Waals surface area contributed by atoms with Gasteiger partial charge in [0, 0.05) is 22.7 Å². The smallest absolute Gasteiger partial charge is 0.0483 e. The van der Waals surface area contributed by atoms with E-state index in [0.717, 1.165) is 17.4 Å². The molecule has 0 saturated carbocycles. The predicted molar refractivity (Wildman–Crippen MR) is 87.9 cm³/mol. The van der Waals surface area contributed by atoms with Gasteiger partial charge in [0.1, 0.15) is 0 Å². The number of rotatable bonds is 4. The fourth-order valence-electron chi connectivity index (χ4n) is 2.54. The third-order valence-electron chi connectivity index (χ3n) is 3.51. The van der Waals surface area contributed by atoms with Gasteiger partial charge in [0.2, 0.25) is 0 Å². The van der Waals surface area contributed by atoms with Gasteiger partial charge in [-0.05, 0) is 59.8 Å². The SMILES string of the molecule is NCCc1ccc2c(ccn2Cc2cccc(Br)c2)c1. The van der Waals surface area contributed by atoms with Gasteiger partial charge >= 0.3 is 0 Å². The number of hydrogen-bond donors (Lipinski definition) is 1. The van der Waals surface area contributed by atoms with Crippen LogP contribution < -0.4 is 5.73 Å². The molecule has 1 heterocycles. The second kappa shape index (κ2) is 5.81. The summed E-state index contributed by atoms with van der Waals surface area (Å²) < 4.78 is 3.40. The van der Waals surface area contributed by atoms with Crippen LogP contribution in [-0.2, 0) is 13.0 Å². The first-order valence-corrected chi connectivity index (χ1v) is 7.58. The standard InChI is InChI=1S/C17H17BrN2/c18-16-3-1-2-14(11-16)12-20-9-7-15-10-13(6-8-19)4-5-17(15)20/h1-5,7,9-11H,6,8,12,19H2. The fraction of sp³-hybridized carbons (Fsp3) is 0.176. The molecule has 3 aromatic rings. The minimum Gasteiger partial charge on any atom is -0.343 e. The predicted octanol–water partition coefficient (Wildman–Crippen LogP) is 3.95. The molecular weight excluding hydrogens is 312 g/mol. The molecule has 0 radical (unpaired) electrons. The third-order valence-corrected chi connectivity index (χ3v) is 4.00. The zero-order valence-corrected chi connectivity index (χ0v) is 12.8. The molecule has 0 aliphatic heterocycles. The number of benzene rings is 2. The minimum atomic E-state index is 0.699. The minimum absolute atomic E-state index is 0.699. The lowest BCUT2D eigenvalue weighted by atomic mass is 10.1. The van der Waals surface area contributed by atoms with Gasteiger partial charge in [-0.1, -0.05) is 34.1 Å². The van der Waals surface area contributed by atoms with Crippen molar-refractivity contribution in [1.82, 2.24) is 4.57 Å². The van der Waals surface area contributed by atoms with E-state index in [-0.39, 0.29) is 0 Å². The van der Waals surface area contributed by atoms with Gasteiger partial charge < -0.3 is 10.3 Å². The molecule has 2 N–H and O–H groups in total. The molecule has 3 heteroatoms. The van der Waals surface area contributed by atoms with Gasteiger partial charge in [0.25, 0.3) is 0 Å². The second-order valence-corrected chi connectivity index (χ2v) is 5.92. The molecule has 102 valence electrons. The van der Waals surface area contributed by atoms with Gasteiger partial charge in [-0.15, -0.1) is 0 Å². The maximum absolute atomic E-state index is 5.62. The Morgan fingerprint density at radius 1 is 1.00 bits per heavy atom. The molecule has 0 aliphatic carbocycles. The van der Waals surface area contributed by atoms with Crippen molar-refractivity contribution < 1.29 is 0 Å². The zero-order chi connectivity index (χ0) is 13.9. The maximum atomic E-state index is 5.62. The van der Waals surface area contributed by atoms with Crippen molar-refractivity contribution in [3.05, 3.63) is 70.3 Å². The van der Waals surface area contributed by atoms with Gasteiger partial charge in [-0.2, -0.15) is 0 Å². The van der Waals surface area contributed by atoms with Crippen molar-refractivity contribution in [2.45, 2.75) is 13.0 Å². The number of nitrogens with zero attached hydrogens (tertiary/aromatic N) is 1. The Bertz CT molecular complexity index is 731. The van der Waals surface area contributed by atoms with Crippen molar-refractivity contribution in [3.8, 4) is 0 Å². The van der Waals surface area contributed by atoms with E-state index in [4.69, 9.17) is 5.73 Å². The number of halogens is 1. The van der Waals surface area contributed by atoms with Crippen LogP contribution in [0.1, 0.15) is 11.1 Å². The van der Waals surface area contributed by atoms with Crippen LogP contribution in [0, 0.1) is 0 Å². The van der Waals surface area contributed by atoms with Crippen LogP contribution in [0.15, 0.2) is 59.2 Å². The van der Waals surface area contributed by atoms with Crippen LogP contribution in [0.2, 0.25) is 0 Å². The van der Waals surface area contributed by atoms with E-state index in [1.165, 1.54) is 22.0 Å². The first-order valence-electron chi connectivity index (χ1n) is 6.78. The van der Waals surface area contributed by atoms with Gasteiger partial charge in [-0.25, -0.2) is 0 Å². The number of fused-ring (bicyclic) bond motifs is 1. The van der Waals surface area contributed by atoms with Crippen LogP contribution in [0.25, 0.3) is 10.9 Å². The molecule has 0 atom stereocenters. The lowest BCUT2D eigenvalue weighted by Crippen LogP contribution is -2.02. The molecule has 0 fully saturated rings. The molecule has 1 aromatic heterocycles. The maximum Gasteiger partial charge on any atom is 0.0483 e. The Morgan fingerprint density at radius 3 is 2.70 bits per heavy atom. The summed E-state index contributed by atoms with van der Waals surface area (Å²) in [5, 5.41) is 1.28. The number of hydrogen-bond acceptors (Lipinski definition) is 1. The average molecular weight is 329 g/mol. The quantitative estimate of drug-likeness (QED) is 0.772. The second-order valence-electron chi connectivity index (χ2n) is 5.01. The molecule has 0 aliphatic rings. The molecule has 20 heavy (non-hydrogen) atoms. The van der Waals surface area contributed by atoms with E-state index in [2.05, 4.69) is 75.2 Å². The number of nitrogens with two attached hydrogens (primary N) is 1. The Labute approximate surface area is 127 Å². The summed E-state index contributed by atoms with van der Waals surface area (Å²) >= 11 is 3.52. The van der Waals surface area contributed by atoms with E-state index in [0.29, 0.717) is 6.54 Å². The molecule has 2 nitrogen and oxygen atoms in total. The van der Waals surface area contributed by atoms with Gasteiger partial charge in [0.05, 0.1) is 0 Å². The zero-order valence-electron chi connectivity index (χ0n) is 11.2. The van der Waals surface area contributed by atoms with Crippen LogP contribution >= 0.6 is 15.9 Å². The van der Waals surface area contributed by atoms with E-state index in [1.54, 1.807) is 0 Å². The Balaban J connectivity index is 1.92. The normalized spacial score (nSPS) is 11.1. The van der Waals surface area contributed by atoms with Crippen molar-refractivity contribution in [2.75, 3.05) is 6.54 Å². The highest BCUT2D eigenvalue weighted by Crippen LogP contribution is 2.20. The highest BCUT2D eigenvalue weighted by atomic mass is 79.9. The van der Waals surface area contributed by atoms with Crippen molar-refractivity contribution in [1.29, 1.82) is 0 Å². The first-order chi connectivity index (χ1) is 9.76. The first kappa shape index (κ1) is 13.4. The summed E-state index contributed by atoms with van der Waals surface area (Å²) in [7, 11) is 0. The van der Waals surface area contributed by atoms with Crippen molar-refractivity contribution >= 4 is 26.8 Å². The number of aromatic nitrogens is 1. The summed E-state index contributed by atoms with van der Waals surface area (Å²) in [6, 6.07) is 17.2. The van der Waals surface area contributed by atoms with Crippen LogP contribution in [0.4, 0.5) is 0 Å². The van der Waals surface area contributed by atoms with Gasteiger partial charge in [-0.3, -0.25) is 0 Å². The summed E-state index contributed by atoms with van der Waals surface area (Å²) in [6.45, 7) is 1.59. The molecule has 2 aromatic carbocycles. The average Bonchev–Trinajstić information content (AvgIpc) is 2.82. The van der Waals surface area contributed by atoms with Crippen LogP contribution in [-0.4, -0.2) is 11.1 Å². The highest BCUT2D eigenvalue weighted by Gasteiger charge is 2.03. The molecule has 0 saturated heterocycles.